The minimum atomic E-state index is 0.873. The number of benzene rings is 10. The number of para-hydroxylation sites is 5. The standard InChI is InChI=1S/C58H38N2O/c1-3-19-39(20-4-1)42-29-15-21-40-22-16-30-45(56(40)42)43-25-7-11-32-49(43)60(50-33-12-8-26-44(50)46-31-17-38-55-57(46)48-28-10-14-37-54(48)61-55)53-36-18-35-52-58(53)47-27-9-13-34-51(47)59(52)41-23-5-2-6-24-41/h1-38H. The number of rotatable bonds is 7. The fourth-order valence-electron chi connectivity index (χ4n) is 9.65. The van der Waals surface area contributed by atoms with E-state index in [2.05, 4.69) is 234 Å². The Morgan fingerprint density at radius 1 is 0.311 bits per heavy atom. The van der Waals surface area contributed by atoms with Crippen LogP contribution >= 0.6 is 0 Å². The summed E-state index contributed by atoms with van der Waals surface area (Å²) in [6, 6.07) is 83.0. The molecule has 0 N–H and O–H groups in total. The fraction of sp³-hybridized carbons (Fsp3) is 0. The second kappa shape index (κ2) is 14.3. The van der Waals surface area contributed by atoms with Crippen molar-refractivity contribution in [3.63, 3.8) is 0 Å². The molecule has 2 aromatic heterocycles. The summed E-state index contributed by atoms with van der Waals surface area (Å²) >= 11 is 0. The van der Waals surface area contributed by atoms with Crippen LogP contribution in [0.5, 0.6) is 0 Å². The first-order valence-corrected chi connectivity index (χ1v) is 20.9. The molecule has 0 aliphatic heterocycles. The molecule has 0 fully saturated rings. The largest absolute Gasteiger partial charge is 0.456 e. The van der Waals surface area contributed by atoms with Gasteiger partial charge in [0.1, 0.15) is 11.2 Å². The Hall–Kier alpha value is -8.14. The molecule has 3 heteroatoms. The summed E-state index contributed by atoms with van der Waals surface area (Å²) < 4.78 is 8.89. The van der Waals surface area contributed by atoms with Crippen LogP contribution in [0.2, 0.25) is 0 Å². The minimum Gasteiger partial charge on any atom is -0.456 e. The SMILES string of the molecule is c1ccc(-c2cccc3cccc(-c4ccccc4N(c4ccccc4-c4cccc5oc6ccccc6c45)c4cccc5c4c4ccccc4n5-c4ccccc4)c23)cc1. The summed E-state index contributed by atoms with van der Waals surface area (Å²) in [5, 5.41) is 7.02. The minimum absolute atomic E-state index is 0.873. The summed E-state index contributed by atoms with van der Waals surface area (Å²) in [4.78, 5) is 2.51. The number of hydrogen-bond donors (Lipinski definition) is 0. The van der Waals surface area contributed by atoms with Gasteiger partial charge in [0.15, 0.2) is 0 Å². The molecular formula is C58H38N2O. The van der Waals surface area contributed by atoms with Crippen LogP contribution in [-0.2, 0) is 0 Å². The highest BCUT2D eigenvalue weighted by molar-refractivity contribution is 6.19. The van der Waals surface area contributed by atoms with Gasteiger partial charge >= 0.3 is 0 Å². The van der Waals surface area contributed by atoms with Crippen molar-refractivity contribution in [3.8, 4) is 39.1 Å². The average molecular weight is 779 g/mol. The third-order valence-corrected chi connectivity index (χ3v) is 12.2. The topological polar surface area (TPSA) is 21.3 Å². The van der Waals surface area contributed by atoms with Crippen LogP contribution in [-0.4, -0.2) is 4.57 Å². The van der Waals surface area contributed by atoms with Crippen molar-refractivity contribution >= 4 is 71.6 Å². The third-order valence-electron chi connectivity index (χ3n) is 12.2. The molecule has 0 atom stereocenters. The molecule has 0 radical (unpaired) electrons. The van der Waals surface area contributed by atoms with E-state index >= 15 is 0 Å². The Labute approximate surface area is 353 Å². The smallest absolute Gasteiger partial charge is 0.136 e. The van der Waals surface area contributed by atoms with E-state index in [1.54, 1.807) is 0 Å². The summed E-state index contributed by atoms with van der Waals surface area (Å²) in [7, 11) is 0. The highest BCUT2D eigenvalue weighted by Crippen LogP contribution is 2.51. The maximum absolute atomic E-state index is 6.48. The van der Waals surface area contributed by atoms with Crippen molar-refractivity contribution in [1.82, 2.24) is 4.57 Å². The molecule has 0 bridgehead atoms. The number of nitrogens with zero attached hydrogens (tertiary/aromatic N) is 2. The van der Waals surface area contributed by atoms with Crippen LogP contribution < -0.4 is 4.90 Å². The molecule has 0 saturated carbocycles. The summed E-state index contributed by atoms with van der Waals surface area (Å²) in [5.74, 6) is 0. The van der Waals surface area contributed by atoms with E-state index in [1.165, 1.54) is 38.2 Å². The Morgan fingerprint density at radius 2 is 0.820 bits per heavy atom. The third kappa shape index (κ3) is 5.59. The second-order valence-electron chi connectivity index (χ2n) is 15.6. The zero-order chi connectivity index (χ0) is 40.3. The van der Waals surface area contributed by atoms with E-state index < -0.39 is 0 Å². The monoisotopic (exact) mass is 778 g/mol. The predicted octanol–water partition coefficient (Wildman–Crippen LogP) is 16.3. The molecule has 0 spiro atoms. The fourth-order valence-corrected chi connectivity index (χ4v) is 9.65. The molecule has 0 amide bonds. The lowest BCUT2D eigenvalue weighted by Crippen LogP contribution is -2.13. The van der Waals surface area contributed by atoms with Crippen LogP contribution in [0.1, 0.15) is 0 Å². The van der Waals surface area contributed by atoms with Gasteiger partial charge in [-0.15, -0.1) is 0 Å². The molecule has 61 heavy (non-hydrogen) atoms. The summed E-state index contributed by atoms with van der Waals surface area (Å²) in [6.07, 6.45) is 0. The molecular weight excluding hydrogens is 741 g/mol. The highest BCUT2D eigenvalue weighted by Gasteiger charge is 2.26. The highest BCUT2D eigenvalue weighted by atomic mass is 16.3. The van der Waals surface area contributed by atoms with E-state index in [0.717, 1.165) is 72.4 Å². The van der Waals surface area contributed by atoms with Crippen LogP contribution in [0.4, 0.5) is 17.1 Å². The summed E-state index contributed by atoms with van der Waals surface area (Å²) in [5.41, 5.74) is 15.4. The zero-order valence-electron chi connectivity index (χ0n) is 33.2. The van der Waals surface area contributed by atoms with Gasteiger partial charge in [-0.3, -0.25) is 0 Å². The molecule has 0 aliphatic carbocycles. The molecule has 12 rings (SSSR count). The van der Waals surface area contributed by atoms with E-state index in [9.17, 15) is 0 Å². The van der Waals surface area contributed by atoms with Crippen molar-refractivity contribution in [2.45, 2.75) is 0 Å². The van der Waals surface area contributed by atoms with Gasteiger partial charge in [0.2, 0.25) is 0 Å². The first-order valence-electron chi connectivity index (χ1n) is 20.9. The van der Waals surface area contributed by atoms with Crippen molar-refractivity contribution in [2.75, 3.05) is 4.90 Å². The molecule has 2 heterocycles. The Kier molecular flexibility index (Phi) is 8.17. The van der Waals surface area contributed by atoms with Gasteiger partial charge in [-0.2, -0.15) is 0 Å². The van der Waals surface area contributed by atoms with Gasteiger partial charge in [0.05, 0.1) is 28.1 Å². The van der Waals surface area contributed by atoms with E-state index in [-0.39, 0.29) is 0 Å². The number of furan rings is 1. The van der Waals surface area contributed by atoms with Gasteiger partial charge in [0, 0.05) is 38.4 Å². The normalized spacial score (nSPS) is 11.6. The van der Waals surface area contributed by atoms with Gasteiger partial charge < -0.3 is 13.9 Å². The second-order valence-corrected chi connectivity index (χ2v) is 15.6. The van der Waals surface area contributed by atoms with Gasteiger partial charge in [-0.05, 0) is 87.6 Å². The van der Waals surface area contributed by atoms with Crippen LogP contribution in [0.15, 0.2) is 235 Å². The van der Waals surface area contributed by atoms with Gasteiger partial charge in [0.25, 0.3) is 0 Å². The first-order chi connectivity index (χ1) is 30.3. The molecule has 0 aliphatic rings. The molecule has 0 saturated heterocycles. The van der Waals surface area contributed by atoms with Crippen molar-refractivity contribution in [2.24, 2.45) is 0 Å². The number of aromatic nitrogens is 1. The van der Waals surface area contributed by atoms with Crippen LogP contribution in [0.3, 0.4) is 0 Å². The van der Waals surface area contributed by atoms with E-state index in [1.807, 2.05) is 6.07 Å². The lowest BCUT2D eigenvalue weighted by Gasteiger charge is -2.31. The Bertz CT molecular complexity index is 3590. The Morgan fingerprint density at radius 3 is 1.57 bits per heavy atom. The van der Waals surface area contributed by atoms with Crippen molar-refractivity contribution in [3.05, 3.63) is 231 Å². The van der Waals surface area contributed by atoms with E-state index in [4.69, 9.17) is 4.42 Å². The quantitative estimate of drug-likeness (QED) is 0.161. The lowest BCUT2D eigenvalue weighted by atomic mass is 9.90. The Balaban J connectivity index is 1.20. The van der Waals surface area contributed by atoms with Crippen LogP contribution in [0.25, 0.3) is 93.6 Å². The predicted molar refractivity (Wildman–Crippen MR) is 257 cm³/mol. The van der Waals surface area contributed by atoms with E-state index in [0.29, 0.717) is 0 Å². The molecule has 0 unspecified atom stereocenters. The van der Waals surface area contributed by atoms with Gasteiger partial charge in [-0.25, -0.2) is 0 Å². The summed E-state index contributed by atoms with van der Waals surface area (Å²) in [6.45, 7) is 0. The van der Waals surface area contributed by atoms with Gasteiger partial charge in [-0.1, -0.05) is 176 Å². The number of anilines is 3. The molecule has 286 valence electrons. The molecule has 10 aromatic carbocycles. The van der Waals surface area contributed by atoms with Crippen molar-refractivity contribution in [1.29, 1.82) is 0 Å². The number of hydrogen-bond acceptors (Lipinski definition) is 2. The number of fused-ring (bicyclic) bond motifs is 7. The maximum Gasteiger partial charge on any atom is 0.136 e. The van der Waals surface area contributed by atoms with Crippen molar-refractivity contribution < 1.29 is 4.42 Å². The molecule has 3 nitrogen and oxygen atoms in total. The maximum atomic E-state index is 6.48. The zero-order valence-corrected chi connectivity index (χ0v) is 33.2. The lowest BCUT2D eigenvalue weighted by molar-refractivity contribution is 0.669. The first kappa shape index (κ1) is 34.9. The van der Waals surface area contributed by atoms with Crippen LogP contribution in [0, 0.1) is 0 Å². The average Bonchev–Trinajstić information content (AvgIpc) is 3.89. The molecule has 12 aromatic rings.